The lowest BCUT2D eigenvalue weighted by molar-refractivity contribution is -0.143. The van der Waals surface area contributed by atoms with Crippen LogP contribution in [0.2, 0.25) is 0 Å². The van der Waals surface area contributed by atoms with Crippen molar-refractivity contribution in [2.24, 2.45) is 11.8 Å². The number of fused-ring (bicyclic) bond motifs is 3. The summed E-state index contributed by atoms with van der Waals surface area (Å²) in [7, 11) is 0. The highest BCUT2D eigenvalue weighted by atomic mass is 19.4. The van der Waals surface area contributed by atoms with Gasteiger partial charge in [0.25, 0.3) is 0 Å². The largest absolute Gasteiger partial charge is 0.444 e. The van der Waals surface area contributed by atoms with E-state index in [1.54, 1.807) is 9.58 Å². The Bertz CT molecular complexity index is 1190. The second-order valence-corrected chi connectivity index (χ2v) is 11.7. The molecule has 0 radical (unpaired) electrons. The van der Waals surface area contributed by atoms with E-state index in [1.807, 2.05) is 20.8 Å². The van der Waals surface area contributed by atoms with Gasteiger partial charge in [0.15, 0.2) is 0 Å². The number of anilines is 1. The summed E-state index contributed by atoms with van der Waals surface area (Å²) in [6.45, 7) is 6.95. The van der Waals surface area contributed by atoms with Gasteiger partial charge in [0, 0.05) is 31.6 Å². The summed E-state index contributed by atoms with van der Waals surface area (Å²) < 4.78 is 87.8. The van der Waals surface area contributed by atoms with Crippen LogP contribution in [0.5, 0.6) is 0 Å². The second kappa shape index (κ2) is 9.58. The van der Waals surface area contributed by atoms with E-state index in [0.29, 0.717) is 44.2 Å². The Morgan fingerprint density at radius 2 is 1.54 bits per heavy atom. The van der Waals surface area contributed by atoms with Crippen LogP contribution >= 0.6 is 0 Å². The number of carbonyl (C=O) groups excluding carboxylic acids is 1. The second-order valence-electron chi connectivity index (χ2n) is 11.7. The van der Waals surface area contributed by atoms with E-state index in [2.05, 4.69) is 15.4 Å². The number of carbonyl (C=O) groups is 1. The van der Waals surface area contributed by atoms with Crippen LogP contribution in [0.1, 0.15) is 74.9 Å². The number of aromatic nitrogens is 3. The SMILES string of the molecule is CC(C)(C)OC(=O)N1CC2CCC(C1)C2Nc1nc2n(n1)CCCC2c1cc(C(F)(F)F)cc(C(F)(F)F)c1. The number of nitrogens with one attached hydrogen (secondary N) is 1. The molecule has 7 nitrogen and oxygen atoms in total. The molecule has 1 aromatic carbocycles. The molecule has 2 fully saturated rings. The van der Waals surface area contributed by atoms with E-state index in [-0.39, 0.29) is 35.6 Å². The first kappa shape index (κ1) is 27.6. The third kappa shape index (κ3) is 5.81. The first-order valence-corrected chi connectivity index (χ1v) is 13.1. The van der Waals surface area contributed by atoms with Crippen molar-refractivity contribution in [2.75, 3.05) is 18.4 Å². The minimum absolute atomic E-state index is 0.00280. The standard InChI is InChI=1S/C26H31F6N5O2/c1-24(2,3)39-23(38)36-12-14-6-7-15(13-36)20(14)33-22-34-21-19(5-4-8-37(21)35-22)16-9-17(25(27,28)29)11-18(10-16)26(30,31)32/h9-11,14-15,19-20H,4-8,12-13H2,1-3H3,(H,33,35). The summed E-state index contributed by atoms with van der Waals surface area (Å²) >= 11 is 0. The number of piperidine rings is 1. The maximum atomic E-state index is 13.5. The van der Waals surface area contributed by atoms with Crippen LogP contribution in [-0.4, -0.2) is 50.5 Å². The van der Waals surface area contributed by atoms with Gasteiger partial charge in [-0.15, -0.1) is 5.10 Å². The predicted octanol–water partition coefficient (Wildman–Crippen LogP) is 6.30. The van der Waals surface area contributed by atoms with Gasteiger partial charge >= 0.3 is 18.4 Å². The van der Waals surface area contributed by atoms with Gasteiger partial charge in [0.1, 0.15) is 11.4 Å². The third-order valence-corrected chi connectivity index (χ3v) is 7.67. The highest BCUT2D eigenvalue weighted by Gasteiger charge is 2.45. The van der Waals surface area contributed by atoms with Crippen molar-refractivity contribution in [1.29, 1.82) is 0 Å². The van der Waals surface area contributed by atoms with Crippen LogP contribution in [0.4, 0.5) is 37.1 Å². The molecule has 1 N–H and O–H groups in total. The first-order chi connectivity index (χ1) is 18.1. The molecule has 1 saturated heterocycles. The molecule has 1 aromatic heterocycles. The zero-order valence-electron chi connectivity index (χ0n) is 21.9. The third-order valence-electron chi connectivity index (χ3n) is 7.67. The van der Waals surface area contributed by atoms with Crippen molar-refractivity contribution in [3.63, 3.8) is 0 Å². The average Bonchev–Trinajstić information content (AvgIpc) is 3.32. The Morgan fingerprint density at radius 1 is 0.949 bits per heavy atom. The molecule has 2 aliphatic heterocycles. The molecular weight excluding hydrogens is 528 g/mol. The Morgan fingerprint density at radius 3 is 2.08 bits per heavy atom. The zero-order chi connectivity index (χ0) is 28.3. The van der Waals surface area contributed by atoms with E-state index in [9.17, 15) is 31.1 Å². The lowest BCUT2D eigenvalue weighted by Crippen LogP contribution is -2.51. The quantitative estimate of drug-likeness (QED) is 0.447. The molecule has 1 amide bonds. The summed E-state index contributed by atoms with van der Waals surface area (Å²) in [5.74, 6) is 0.175. The molecule has 5 rings (SSSR count). The molecule has 2 bridgehead atoms. The Balaban J connectivity index is 1.37. The van der Waals surface area contributed by atoms with E-state index in [4.69, 9.17) is 4.74 Å². The van der Waals surface area contributed by atoms with Gasteiger partial charge in [-0.25, -0.2) is 9.48 Å². The smallest absolute Gasteiger partial charge is 0.416 e. The number of halogens is 6. The molecular formula is C26H31F6N5O2. The highest BCUT2D eigenvalue weighted by Crippen LogP contribution is 2.42. The molecule has 0 spiro atoms. The van der Waals surface area contributed by atoms with Gasteiger partial charge in [-0.3, -0.25) is 0 Å². The lowest BCUT2D eigenvalue weighted by atomic mass is 9.88. The maximum absolute atomic E-state index is 13.5. The number of nitrogens with zero attached hydrogens (tertiary/aromatic N) is 4. The predicted molar refractivity (Wildman–Crippen MR) is 129 cm³/mol. The number of hydrogen-bond acceptors (Lipinski definition) is 5. The highest BCUT2D eigenvalue weighted by molar-refractivity contribution is 5.68. The number of alkyl halides is 6. The van der Waals surface area contributed by atoms with E-state index < -0.39 is 35.0 Å². The topological polar surface area (TPSA) is 72.3 Å². The van der Waals surface area contributed by atoms with E-state index >= 15 is 0 Å². The minimum Gasteiger partial charge on any atom is -0.444 e. The van der Waals surface area contributed by atoms with Crippen LogP contribution in [-0.2, 0) is 23.6 Å². The minimum atomic E-state index is -4.92. The van der Waals surface area contributed by atoms with Crippen LogP contribution in [0.3, 0.4) is 0 Å². The molecule has 1 saturated carbocycles. The van der Waals surface area contributed by atoms with Crippen molar-refractivity contribution in [2.45, 2.75) is 82.9 Å². The fourth-order valence-electron chi connectivity index (χ4n) is 5.99. The van der Waals surface area contributed by atoms with Crippen molar-refractivity contribution in [3.8, 4) is 0 Å². The lowest BCUT2D eigenvalue weighted by Gasteiger charge is -2.38. The molecule has 13 heteroatoms. The van der Waals surface area contributed by atoms with Crippen LogP contribution in [0.15, 0.2) is 18.2 Å². The first-order valence-electron chi connectivity index (χ1n) is 13.1. The molecule has 3 atom stereocenters. The van der Waals surface area contributed by atoms with E-state index in [1.165, 1.54) is 0 Å². The molecule has 39 heavy (non-hydrogen) atoms. The maximum Gasteiger partial charge on any atom is 0.416 e. The monoisotopic (exact) mass is 559 g/mol. The fraction of sp³-hybridized carbons (Fsp3) is 0.654. The van der Waals surface area contributed by atoms with Crippen LogP contribution in [0, 0.1) is 11.8 Å². The summed E-state index contributed by atoms with van der Waals surface area (Å²) in [5, 5.41) is 7.88. The molecule has 1 aliphatic carbocycles. The van der Waals surface area contributed by atoms with Crippen LogP contribution < -0.4 is 5.32 Å². The molecule has 2 aromatic rings. The van der Waals surface area contributed by atoms with Gasteiger partial charge < -0.3 is 15.0 Å². The molecule has 3 aliphatic rings. The number of likely N-dealkylation sites (tertiary alicyclic amines) is 1. The number of rotatable bonds is 3. The van der Waals surface area contributed by atoms with Gasteiger partial charge in [-0.1, -0.05) is 0 Å². The van der Waals surface area contributed by atoms with E-state index in [0.717, 1.165) is 25.0 Å². The normalized spacial score (nSPS) is 25.4. The van der Waals surface area contributed by atoms with Crippen molar-refractivity contribution < 1.29 is 35.9 Å². The van der Waals surface area contributed by atoms with Gasteiger partial charge in [-0.2, -0.15) is 31.3 Å². The van der Waals surface area contributed by atoms with Crippen molar-refractivity contribution >= 4 is 12.0 Å². The van der Waals surface area contributed by atoms with Gasteiger partial charge in [-0.05, 0) is 82.1 Å². The summed E-state index contributed by atoms with van der Waals surface area (Å²) in [4.78, 5) is 18.9. The zero-order valence-corrected chi connectivity index (χ0v) is 21.9. The molecule has 3 unspecified atom stereocenters. The Hall–Kier alpha value is -2.99. The van der Waals surface area contributed by atoms with Gasteiger partial charge in [0.05, 0.1) is 11.1 Å². The molecule has 214 valence electrons. The van der Waals surface area contributed by atoms with Crippen molar-refractivity contribution in [3.05, 3.63) is 40.7 Å². The van der Waals surface area contributed by atoms with Crippen molar-refractivity contribution in [1.82, 2.24) is 19.7 Å². The van der Waals surface area contributed by atoms with Gasteiger partial charge in [0.2, 0.25) is 5.95 Å². The summed E-state index contributed by atoms with van der Waals surface area (Å²) in [6.07, 6.45) is -7.48. The number of benzene rings is 1. The Labute approximate surface area is 221 Å². The Kier molecular flexibility index (Phi) is 6.77. The average molecular weight is 560 g/mol. The number of ether oxygens (including phenoxy) is 1. The number of aryl methyl sites for hydroxylation is 1. The van der Waals surface area contributed by atoms with Crippen LogP contribution in [0.25, 0.3) is 0 Å². The fourth-order valence-corrected chi connectivity index (χ4v) is 5.99. The summed E-state index contributed by atoms with van der Waals surface area (Å²) in [5.41, 5.74) is -3.35. The number of amides is 1. The number of hydrogen-bond donors (Lipinski definition) is 1. The molecule has 3 heterocycles. The summed E-state index contributed by atoms with van der Waals surface area (Å²) in [6, 6.07) is 1.70.